The van der Waals surface area contributed by atoms with Crippen molar-refractivity contribution in [1.29, 1.82) is 0 Å². The highest BCUT2D eigenvalue weighted by atomic mass is 35.5. The van der Waals surface area contributed by atoms with E-state index in [9.17, 15) is 4.79 Å². The maximum Gasteiger partial charge on any atom is 0.368 e. The van der Waals surface area contributed by atoms with Gasteiger partial charge in [-0.3, -0.25) is 0 Å². The van der Waals surface area contributed by atoms with Crippen molar-refractivity contribution in [3.05, 3.63) is 99.0 Å². The van der Waals surface area contributed by atoms with E-state index >= 15 is 0 Å². The second kappa shape index (κ2) is 9.25. The molecule has 3 aromatic rings. The van der Waals surface area contributed by atoms with Gasteiger partial charge in [0.15, 0.2) is 11.5 Å². The fraction of sp³-hybridized carbons (Fsp3) is 0.0833. The third-order valence-corrected chi connectivity index (χ3v) is 5.36. The number of nitrogens with zero attached hydrogens (tertiary/aromatic N) is 1. The highest BCUT2D eigenvalue weighted by Crippen LogP contribution is 2.31. The molecule has 0 unspecified atom stereocenters. The van der Waals surface area contributed by atoms with Crippen molar-refractivity contribution in [2.75, 3.05) is 7.11 Å². The number of hydrogen-bond donors (Lipinski definition) is 0. The van der Waals surface area contributed by atoms with Gasteiger partial charge in [0.2, 0.25) is 0 Å². The van der Waals surface area contributed by atoms with E-state index in [1.165, 1.54) is 0 Å². The van der Waals surface area contributed by atoms with Gasteiger partial charge >= 0.3 is 5.97 Å². The molecule has 0 fully saturated rings. The minimum absolute atomic E-state index is 0.296. The van der Waals surface area contributed by atoms with Crippen molar-refractivity contribution in [1.82, 2.24) is 0 Å². The summed E-state index contributed by atoms with van der Waals surface area (Å²) in [6.45, 7) is 0.296. The third kappa shape index (κ3) is 4.74. The standard InChI is InChI=1S/C24H17Cl2NO4/c1-29-22-13-15(8-10-21(22)30-14-16-7-9-19(25)20(26)12-16)11-18-23(27-31-24(18)28)17-5-3-2-4-6-17/h2-13H,14H2,1H3/b18-11-. The summed E-state index contributed by atoms with van der Waals surface area (Å²) < 4.78 is 11.4. The Labute approximate surface area is 189 Å². The van der Waals surface area contributed by atoms with Gasteiger partial charge in [-0.1, -0.05) is 70.8 Å². The SMILES string of the molecule is COc1cc(/C=C2\C(=O)ON=C2c2ccccc2)ccc1OCc1ccc(Cl)c(Cl)c1. The summed E-state index contributed by atoms with van der Waals surface area (Å²) in [6, 6.07) is 20.1. The number of benzene rings is 3. The molecule has 0 bridgehead atoms. The topological polar surface area (TPSA) is 57.1 Å². The van der Waals surface area contributed by atoms with E-state index in [4.69, 9.17) is 37.5 Å². The molecule has 0 aromatic heterocycles. The number of hydrogen-bond acceptors (Lipinski definition) is 5. The first-order valence-electron chi connectivity index (χ1n) is 9.37. The Morgan fingerprint density at radius 3 is 2.52 bits per heavy atom. The molecule has 0 N–H and O–H groups in total. The fourth-order valence-electron chi connectivity index (χ4n) is 3.06. The van der Waals surface area contributed by atoms with Crippen LogP contribution in [0.15, 0.2) is 77.5 Å². The molecule has 0 spiro atoms. The van der Waals surface area contributed by atoms with Gasteiger partial charge in [0.25, 0.3) is 0 Å². The Balaban J connectivity index is 1.56. The first kappa shape index (κ1) is 21.0. The monoisotopic (exact) mass is 453 g/mol. The van der Waals surface area contributed by atoms with Gasteiger partial charge in [-0.25, -0.2) is 4.79 Å². The van der Waals surface area contributed by atoms with Crippen LogP contribution in [0.5, 0.6) is 11.5 Å². The largest absolute Gasteiger partial charge is 0.493 e. The molecule has 0 saturated carbocycles. The number of methoxy groups -OCH3 is 1. The van der Waals surface area contributed by atoms with Crippen molar-refractivity contribution >= 4 is 41.0 Å². The van der Waals surface area contributed by atoms with E-state index in [0.29, 0.717) is 39.4 Å². The number of oxime groups is 1. The van der Waals surface area contributed by atoms with Crippen molar-refractivity contribution in [2.45, 2.75) is 6.61 Å². The lowest BCUT2D eigenvalue weighted by Crippen LogP contribution is -2.06. The lowest BCUT2D eigenvalue weighted by Gasteiger charge is -2.12. The molecule has 5 nitrogen and oxygen atoms in total. The number of carbonyl (C=O) groups is 1. The highest BCUT2D eigenvalue weighted by molar-refractivity contribution is 6.42. The minimum atomic E-state index is -0.502. The normalized spacial score (nSPS) is 14.4. The lowest BCUT2D eigenvalue weighted by molar-refractivity contribution is -0.136. The van der Waals surface area contributed by atoms with Crippen LogP contribution in [0.25, 0.3) is 6.08 Å². The zero-order chi connectivity index (χ0) is 21.8. The lowest BCUT2D eigenvalue weighted by atomic mass is 10.0. The molecular formula is C24H17Cl2NO4. The molecule has 0 atom stereocenters. The van der Waals surface area contributed by atoms with Crippen LogP contribution in [0.1, 0.15) is 16.7 Å². The Hall–Kier alpha value is -3.28. The Morgan fingerprint density at radius 2 is 1.77 bits per heavy atom. The second-order valence-electron chi connectivity index (χ2n) is 6.69. The van der Waals surface area contributed by atoms with E-state index in [2.05, 4.69) is 5.16 Å². The summed E-state index contributed by atoms with van der Waals surface area (Å²) >= 11 is 12.0. The Kier molecular flexibility index (Phi) is 6.26. The summed E-state index contributed by atoms with van der Waals surface area (Å²) in [4.78, 5) is 17.1. The summed E-state index contributed by atoms with van der Waals surface area (Å²) in [5.74, 6) is 0.582. The van der Waals surface area contributed by atoms with E-state index in [-0.39, 0.29) is 0 Å². The molecule has 0 amide bonds. The van der Waals surface area contributed by atoms with Gasteiger partial charge in [0.1, 0.15) is 12.3 Å². The van der Waals surface area contributed by atoms with Crippen LogP contribution in [-0.4, -0.2) is 18.8 Å². The summed E-state index contributed by atoms with van der Waals surface area (Å²) in [6.07, 6.45) is 1.71. The van der Waals surface area contributed by atoms with Gasteiger partial charge in [-0.15, -0.1) is 0 Å². The maximum absolute atomic E-state index is 12.2. The molecule has 7 heteroatoms. The summed E-state index contributed by atoms with van der Waals surface area (Å²) in [7, 11) is 1.55. The van der Waals surface area contributed by atoms with Crippen LogP contribution < -0.4 is 9.47 Å². The number of rotatable bonds is 6. The van der Waals surface area contributed by atoms with Crippen molar-refractivity contribution in [3.63, 3.8) is 0 Å². The van der Waals surface area contributed by atoms with Gasteiger partial charge in [-0.05, 0) is 41.5 Å². The first-order chi connectivity index (χ1) is 15.0. The molecule has 0 radical (unpaired) electrons. The average molecular weight is 454 g/mol. The quantitative estimate of drug-likeness (QED) is 0.343. The molecule has 0 aliphatic carbocycles. The van der Waals surface area contributed by atoms with E-state index in [0.717, 1.165) is 16.7 Å². The van der Waals surface area contributed by atoms with Crippen molar-refractivity contribution < 1.29 is 19.1 Å². The number of halogens is 2. The second-order valence-corrected chi connectivity index (χ2v) is 7.50. The van der Waals surface area contributed by atoms with Gasteiger partial charge in [0, 0.05) is 5.56 Å². The zero-order valence-corrected chi connectivity index (χ0v) is 18.0. The summed E-state index contributed by atoms with van der Waals surface area (Å²) in [5, 5.41) is 4.88. The Morgan fingerprint density at radius 1 is 0.968 bits per heavy atom. The molecular weight excluding hydrogens is 437 g/mol. The smallest absolute Gasteiger partial charge is 0.368 e. The fourth-order valence-corrected chi connectivity index (χ4v) is 3.38. The van der Waals surface area contributed by atoms with Gasteiger partial charge < -0.3 is 14.3 Å². The molecule has 4 rings (SSSR count). The minimum Gasteiger partial charge on any atom is -0.493 e. The molecule has 31 heavy (non-hydrogen) atoms. The first-order valence-corrected chi connectivity index (χ1v) is 10.1. The number of carbonyl (C=O) groups excluding carboxylic acids is 1. The van der Waals surface area contributed by atoms with E-state index in [1.54, 1.807) is 37.5 Å². The van der Waals surface area contributed by atoms with Crippen molar-refractivity contribution in [3.8, 4) is 11.5 Å². The van der Waals surface area contributed by atoms with E-state index < -0.39 is 5.97 Å². The third-order valence-electron chi connectivity index (χ3n) is 4.62. The predicted molar refractivity (Wildman–Crippen MR) is 121 cm³/mol. The van der Waals surface area contributed by atoms with Crippen LogP contribution in [0.3, 0.4) is 0 Å². The predicted octanol–water partition coefficient (Wildman–Crippen LogP) is 5.93. The molecule has 0 saturated heterocycles. The molecule has 156 valence electrons. The summed E-state index contributed by atoms with van der Waals surface area (Å²) in [5.41, 5.74) is 3.28. The molecule has 1 aliphatic rings. The molecule has 3 aromatic carbocycles. The van der Waals surface area contributed by atoms with Crippen LogP contribution >= 0.6 is 23.2 Å². The highest BCUT2D eigenvalue weighted by Gasteiger charge is 2.26. The molecule has 1 heterocycles. The van der Waals surface area contributed by atoms with Crippen LogP contribution in [0, 0.1) is 0 Å². The van der Waals surface area contributed by atoms with Crippen LogP contribution in [-0.2, 0) is 16.2 Å². The number of ether oxygens (including phenoxy) is 2. The van der Waals surface area contributed by atoms with Gasteiger partial charge in [-0.2, -0.15) is 0 Å². The van der Waals surface area contributed by atoms with Gasteiger partial charge in [0.05, 0.1) is 22.7 Å². The maximum atomic E-state index is 12.2. The average Bonchev–Trinajstić information content (AvgIpc) is 3.15. The zero-order valence-electron chi connectivity index (χ0n) is 16.5. The van der Waals surface area contributed by atoms with Crippen LogP contribution in [0.2, 0.25) is 10.0 Å². The Bertz CT molecular complexity index is 1190. The van der Waals surface area contributed by atoms with E-state index in [1.807, 2.05) is 42.5 Å². The molecule has 1 aliphatic heterocycles. The van der Waals surface area contributed by atoms with Crippen LogP contribution in [0.4, 0.5) is 0 Å². The van der Waals surface area contributed by atoms with Crippen molar-refractivity contribution in [2.24, 2.45) is 5.16 Å².